The van der Waals surface area contributed by atoms with Gasteiger partial charge in [-0.2, -0.15) is 0 Å². The molecule has 0 radical (unpaired) electrons. The fourth-order valence-corrected chi connectivity index (χ4v) is 3.20. The predicted molar refractivity (Wildman–Crippen MR) is 73.6 cm³/mol. The summed E-state index contributed by atoms with van der Waals surface area (Å²) in [6, 6.07) is 3.36. The first-order chi connectivity index (χ1) is 9.63. The number of furan rings is 1. The van der Waals surface area contributed by atoms with E-state index in [1.54, 1.807) is 17.0 Å². The van der Waals surface area contributed by atoms with Gasteiger partial charge in [-0.1, -0.05) is 11.3 Å². The third-order valence-corrected chi connectivity index (χ3v) is 4.03. The van der Waals surface area contributed by atoms with Gasteiger partial charge in [0.05, 0.1) is 18.5 Å². The van der Waals surface area contributed by atoms with E-state index in [0.29, 0.717) is 30.4 Å². The van der Waals surface area contributed by atoms with Crippen molar-refractivity contribution < 1.29 is 14.0 Å². The summed E-state index contributed by atoms with van der Waals surface area (Å²) >= 11 is 1.41. The molecule has 1 N–H and O–H groups in total. The van der Waals surface area contributed by atoms with Crippen LogP contribution >= 0.6 is 11.3 Å². The highest BCUT2D eigenvalue weighted by molar-refractivity contribution is 7.15. The molecule has 2 amide bonds. The zero-order valence-electron chi connectivity index (χ0n) is 10.9. The van der Waals surface area contributed by atoms with E-state index in [0.717, 1.165) is 10.6 Å². The van der Waals surface area contributed by atoms with Gasteiger partial charge in [0.15, 0.2) is 10.9 Å². The average Bonchev–Trinajstić information content (AvgIpc) is 3.04. The van der Waals surface area contributed by atoms with Crippen molar-refractivity contribution in [3.05, 3.63) is 34.7 Å². The third-order valence-electron chi connectivity index (χ3n) is 3.03. The summed E-state index contributed by atoms with van der Waals surface area (Å²) in [5.74, 6) is 0.0924. The maximum Gasteiger partial charge on any atom is 0.289 e. The Morgan fingerprint density at radius 1 is 1.50 bits per heavy atom. The molecule has 0 fully saturated rings. The lowest BCUT2D eigenvalue weighted by Gasteiger charge is -2.25. The van der Waals surface area contributed by atoms with Crippen LogP contribution in [-0.4, -0.2) is 28.2 Å². The highest BCUT2D eigenvalue weighted by Gasteiger charge is 2.26. The molecule has 6 nitrogen and oxygen atoms in total. The summed E-state index contributed by atoms with van der Waals surface area (Å²) in [5, 5.41) is 3.27. The molecule has 2 aromatic rings. The number of nitrogens with zero attached hydrogens (tertiary/aromatic N) is 2. The summed E-state index contributed by atoms with van der Waals surface area (Å²) in [6.45, 7) is 2.56. The molecule has 104 valence electrons. The molecule has 7 heteroatoms. The maximum atomic E-state index is 12.2. The Balaban J connectivity index is 1.76. The van der Waals surface area contributed by atoms with E-state index in [2.05, 4.69) is 10.3 Å². The topological polar surface area (TPSA) is 75.4 Å². The van der Waals surface area contributed by atoms with Crippen molar-refractivity contribution in [2.24, 2.45) is 0 Å². The number of hydrogen-bond acceptors (Lipinski definition) is 5. The lowest BCUT2D eigenvalue weighted by Crippen LogP contribution is -2.35. The number of anilines is 1. The second-order valence-corrected chi connectivity index (χ2v) is 5.61. The van der Waals surface area contributed by atoms with Gasteiger partial charge in [0.1, 0.15) is 0 Å². The third kappa shape index (κ3) is 2.44. The van der Waals surface area contributed by atoms with Gasteiger partial charge in [-0.15, -0.1) is 0 Å². The Kier molecular flexibility index (Phi) is 3.27. The van der Waals surface area contributed by atoms with Gasteiger partial charge in [0, 0.05) is 24.8 Å². The van der Waals surface area contributed by atoms with Gasteiger partial charge in [0.2, 0.25) is 5.91 Å². The first kappa shape index (κ1) is 12.9. The van der Waals surface area contributed by atoms with Crippen LogP contribution in [0.5, 0.6) is 0 Å². The molecule has 0 saturated carbocycles. The number of fused-ring (bicyclic) bond motifs is 1. The van der Waals surface area contributed by atoms with Crippen LogP contribution in [0, 0.1) is 0 Å². The van der Waals surface area contributed by atoms with Crippen LogP contribution in [0.2, 0.25) is 0 Å². The monoisotopic (exact) mass is 291 g/mol. The van der Waals surface area contributed by atoms with Gasteiger partial charge < -0.3 is 14.6 Å². The number of hydrogen-bond donors (Lipinski definition) is 1. The summed E-state index contributed by atoms with van der Waals surface area (Å²) in [5.41, 5.74) is 0.960. The molecular formula is C13H13N3O3S. The van der Waals surface area contributed by atoms with E-state index < -0.39 is 0 Å². The number of rotatable bonds is 2. The normalized spacial score (nSPS) is 13.9. The van der Waals surface area contributed by atoms with Gasteiger partial charge in [-0.3, -0.25) is 9.59 Å². The largest absolute Gasteiger partial charge is 0.459 e. The van der Waals surface area contributed by atoms with Crippen molar-refractivity contribution in [2.75, 3.05) is 11.9 Å². The van der Waals surface area contributed by atoms with Crippen molar-refractivity contribution in [1.82, 2.24) is 9.88 Å². The molecule has 2 aromatic heterocycles. The molecule has 0 spiro atoms. The van der Waals surface area contributed by atoms with Gasteiger partial charge >= 0.3 is 0 Å². The molecule has 20 heavy (non-hydrogen) atoms. The molecule has 1 aliphatic heterocycles. The number of thiazole rings is 1. The first-order valence-corrected chi connectivity index (χ1v) is 7.04. The Labute approximate surface area is 119 Å². The molecule has 3 heterocycles. The molecule has 3 rings (SSSR count). The highest BCUT2D eigenvalue weighted by Crippen LogP contribution is 2.28. The fourth-order valence-electron chi connectivity index (χ4n) is 2.13. The van der Waals surface area contributed by atoms with E-state index in [-0.39, 0.29) is 11.8 Å². The summed E-state index contributed by atoms with van der Waals surface area (Å²) in [7, 11) is 0. The standard InChI is InChI=1S/C13H13N3O3S/c1-8(17)14-13-15-9-4-5-16(7-11(9)20-13)12(18)10-3-2-6-19-10/h2-3,6H,4-5,7H2,1H3,(H,14,15,17). The minimum absolute atomic E-state index is 0.116. The number of nitrogens with one attached hydrogen (secondary N) is 1. The number of carbonyl (C=O) groups is 2. The van der Waals surface area contributed by atoms with Gasteiger partial charge in [-0.05, 0) is 12.1 Å². The van der Waals surface area contributed by atoms with Crippen LogP contribution in [0.1, 0.15) is 28.0 Å². The van der Waals surface area contributed by atoms with Crippen LogP contribution < -0.4 is 5.32 Å². The molecule has 1 aliphatic rings. The van der Waals surface area contributed by atoms with Crippen LogP contribution in [0.25, 0.3) is 0 Å². The van der Waals surface area contributed by atoms with E-state index in [9.17, 15) is 9.59 Å². The molecule has 0 saturated heterocycles. The van der Waals surface area contributed by atoms with Crippen LogP contribution in [0.15, 0.2) is 22.8 Å². The van der Waals surface area contributed by atoms with Crippen molar-refractivity contribution in [3.8, 4) is 0 Å². The summed E-state index contributed by atoms with van der Waals surface area (Å²) < 4.78 is 5.13. The maximum absolute atomic E-state index is 12.2. The van der Waals surface area contributed by atoms with E-state index in [4.69, 9.17) is 4.42 Å². The van der Waals surface area contributed by atoms with Crippen molar-refractivity contribution in [2.45, 2.75) is 19.9 Å². The molecule has 0 aromatic carbocycles. The van der Waals surface area contributed by atoms with Crippen molar-refractivity contribution in [1.29, 1.82) is 0 Å². The Morgan fingerprint density at radius 3 is 3.05 bits per heavy atom. The summed E-state index contributed by atoms with van der Waals surface area (Å²) in [6.07, 6.45) is 2.18. The number of carbonyl (C=O) groups excluding carboxylic acids is 2. The zero-order chi connectivity index (χ0) is 14.1. The Hall–Kier alpha value is -2.15. The Bertz CT molecular complexity index is 648. The minimum atomic E-state index is -0.139. The van der Waals surface area contributed by atoms with Crippen LogP contribution in [-0.2, 0) is 17.8 Å². The lowest BCUT2D eigenvalue weighted by atomic mass is 10.1. The van der Waals surface area contributed by atoms with Gasteiger partial charge in [-0.25, -0.2) is 4.98 Å². The molecule has 0 atom stereocenters. The van der Waals surface area contributed by atoms with E-state index in [1.165, 1.54) is 24.5 Å². The van der Waals surface area contributed by atoms with Crippen LogP contribution in [0.3, 0.4) is 0 Å². The molecule has 0 aliphatic carbocycles. The number of amides is 2. The minimum Gasteiger partial charge on any atom is -0.459 e. The van der Waals surface area contributed by atoms with E-state index in [1.807, 2.05) is 0 Å². The quantitative estimate of drug-likeness (QED) is 0.917. The second-order valence-electron chi connectivity index (χ2n) is 4.52. The zero-order valence-corrected chi connectivity index (χ0v) is 11.7. The SMILES string of the molecule is CC(=O)Nc1nc2c(s1)CN(C(=O)c1ccco1)CC2. The lowest BCUT2D eigenvalue weighted by molar-refractivity contribution is -0.114. The van der Waals surface area contributed by atoms with Crippen molar-refractivity contribution >= 4 is 28.3 Å². The number of aromatic nitrogens is 1. The Morgan fingerprint density at radius 2 is 2.35 bits per heavy atom. The fraction of sp³-hybridized carbons (Fsp3) is 0.308. The van der Waals surface area contributed by atoms with Crippen molar-refractivity contribution in [3.63, 3.8) is 0 Å². The average molecular weight is 291 g/mol. The smallest absolute Gasteiger partial charge is 0.289 e. The van der Waals surface area contributed by atoms with Gasteiger partial charge in [0.25, 0.3) is 5.91 Å². The van der Waals surface area contributed by atoms with E-state index >= 15 is 0 Å². The van der Waals surface area contributed by atoms with Crippen LogP contribution in [0.4, 0.5) is 5.13 Å². The second kappa shape index (κ2) is 5.09. The predicted octanol–water partition coefficient (Wildman–Crippen LogP) is 1.89. The molecule has 0 bridgehead atoms. The molecular weight excluding hydrogens is 278 g/mol. The first-order valence-electron chi connectivity index (χ1n) is 6.22. The summed E-state index contributed by atoms with van der Waals surface area (Å²) in [4.78, 5) is 30.4. The highest BCUT2D eigenvalue weighted by atomic mass is 32.1. The molecule has 0 unspecified atom stereocenters.